The van der Waals surface area contributed by atoms with Gasteiger partial charge in [0.15, 0.2) is 5.78 Å². The Kier molecular flexibility index (Phi) is 3.79. The number of benzene rings is 2. The first-order chi connectivity index (χ1) is 12.4. The van der Waals surface area contributed by atoms with Gasteiger partial charge in [-0.25, -0.2) is 4.98 Å². The molecular weight excluding hydrogens is 324 g/mol. The number of hydrogen-bond donors (Lipinski definition) is 0. The van der Waals surface area contributed by atoms with Gasteiger partial charge >= 0.3 is 0 Å². The molecule has 0 saturated heterocycles. The highest BCUT2D eigenvalue weighted by molar-refractivity contribution is 6.05. The minimum atomic E-state index is -0.215. The first kappa shape index (κ1) is 16.7. The molecule has 4 heteroatoms. The van der Waals surface area contributed by atoms with Gasteiger partial charge in [-0.15, -0.1) is 0 Å². The maximum atomic E-state index is 13.1. The van der Waals surface area contributed by atoms with E-state index in [1.165, 1.54) is 12.5 Å². The van der Waals surface area contributed by atoms with Gasteiger partial charge in [0.25, 0.3) is 5.56 Å². The predicted octanol–water partition coefficient (Wildman–Crippen LogP) is 3.81. The number of nitrogens with zero attached hydrogens (tertiary/aromatic N) is 2. The van der Waals surface area contributed by atoms with Crippen molar-refractivity contribution in [1.82, 2.24) is 9.55 Å². The molecule has 0 aliphatic carbocycles. The average Bonchev–Trinajstić information content (AvgIpc) is 2.93. The first-order valence-corrected chi connectivity index (χ1v) is 8.99. The summed E-state index contributed by atoms with van der Waals surface area (Å²) in [6, 6.07) is 14.0. The third kappa shape index (κ3) is 2.57. The van der Waals surface area contributed by atoms with Crippen LogP contribution in [0.15, 0.2) is 47.3 Å². The standard InChI is InChI=1S/C22H22N2O2/c1-14-11-17(15(2)25)19-18(12-14)20(26)24-10-9-22(3,21(24)23-19)13-16-7-5-4-6-8-16/h4-8,11-12H,9-10,13H2,1-3H3. The molecule has 4 nitrogen and oxygen atoms in total. The maximum absolute atomic E-state index is 13.1. The van der Waals surface area contributed by atoms with Crippen LogP contribution in [0.5, 0.6) is 0 Å². The third-order valence-electron chi connectivity index (χ3n) is 5.45. The molecule has 3 aromatic rings. The molecule has 1 unspecified atom stereocenters. The molecule has 1 aliphatic heterocycles. The smallest absolute Gasteiger partial charge is 0.261 e. The summed E-state index contributed by atoms with van der Waals surface area (Å²) >= 11 is 0. The van der Waals surface area contributed by atoms with Crippen molar-refractivity contribution in [3.05, 3.63) is 75.3 Å². The van der Waals surface area contributed by atoms with Crippen LogP contribution in [0.4, 0.5) is 0 Å². The van der Waals surface area contributed by atoms with Crippen molar-refractivity contribution in [2.24, 2.45) is 0 Å². The van der Waals surface area contributed by atoms with Gasteiger partial charge in [0.1, 0.15) is 5.82 Å². The molecule has 1 aliphatic rings. The molecular formula is C22H22N2O2. The van der Waals surface area contributed by atoms with Crippen LogP contribution in [0.1, 0.15) is 47.6 Å². The van der Waals surface area contributed by atoms with E-state index in [1.54, 1.807) is 4.57 Å². The van der Waals surface area contributed by atoms with Crippen molar-refractivity contribution in [3.8, 4) is 0 Å². The Labute approximate surface area is 152 Å². The summed E-state index contributed by atoms with van der Waals surface area (Å²) in [6.07, 6.45) is 1.70. The average molecular weight is 346 g/mol. The Balaban J connectivity index is 1.94. The van der Waals surface area contributed by atoms with Gasteiger partial charge in [0, 0.05) is 17.5 Å². The van der Waals surface area contributed by atoms with Crippen LogP contribution in [0.2, 0.25) is 0 Å². The fourth-order valence-electron chi connectivity index (χ4n) is 4.09. The molecule has 0 bridgehead atoms. The van der Waals surface area contributed by atoms with Gasteiger partial charge in [0.2, 0.25) is 0 Å². The summed E-state index contributed by atoms with van der Waals surface area (Å²) < 4.78 is 1.80. The Hall–Kier alpha value is -2.75. The fraction of sp³-hybridized carbons (Fsp3) is 0.318. The van der Waals surface area contributed by atoms with Crippen LogP contribution >= 0.6 is 0 Å². The van der Waals surface area contributed by atoms with Crippen molar-refractivity contribution in [1.29, 1.82) is 0 Å². The van der Waals surface area contributed by atoms with Crippen LogP contribution in [0.3, 0.4) is 0 Å². The summed E-state index contributed by atoms with van der Waals surface area (Å²) in [5.41, 5.74) is 2.97. The van der Waals surface area contributed by atoms with Crippen LogP contribution in [-0.4, -0.2) is 15.3 Å². The molecule has 1 aromatic heterocycles. The van der Waals surface area contributed by atoms with E-state index in [4.69, 9.17) is 4.98 Å². The zero-order chi connectivity index (χ0) is 18.5. The van der Waals surface area contributed by atoms with Gasteiger partial charge in [-0.05, 0) is 49.9 Å². The normalized spacial score (nSPS) is 18.9. The number of aromatic nitrogens is 2. The number of ketones is 1. The van der Waals surface area contributed by atoms with Crippen LogP contribution in [-0.2, 0) is 18.4 Å². The lowest BCUT2D eigenvalue weighted by atomic mass is 9.81. The van der Waals surface area contributed by atoms with Gasteiger partial charge in [-0.2, -0.15) is 0 Å². The lowest BCUT2D eigenvalue weighted by Gasteiger charge is -2.24. The van der Waals surface area contributed by atoms with E-state index in [2.05, 4.69) is 19.1 Å². The van der Waals surface area contributed by atoms with Gasteiger partial charge in [-0.3, -0.25) is 14.2 Å². The van der Waals surface area contributed by atoms with Crippen molar-refractivity contribution >= 4 is 16.7 Å². The number of Topliss-reactive ketones (excluding diaryl/α,β-unsaturated/α-hetero) is 1. The van der Waals surface area contributed by atoms with Gasteiger partial charge in [-0.1, -0.05) is 37.3 Å². The number of rotatable bonds is 3. The molecule has 0 radical (unpaired) electrons. The lowest BCUT2D eigenvalue weighted by Crippen LogP contribution is -2.28. The van der Waals surface area contributed by atoms with Crippen LogP contribution in [0.25, 0.3) is 10.9 Å². The number of carbonyl (C=O) groups is 1. The highest BCUT2D eigenvalue weighted by Crippen LogP contribution is 2.36. The van der Waals surface area contributed by atoms with Crippen LogP contribution in [0, 0.1) is 6.92 Å². The molecule has 4 rings (SSSR count). The quantitative estimate of drug-likeness (QED) is 0.678. The lowest BCUT2D eigenvalue weighted by molar-refractivity contribution is 0.101. The molecule has 2 aromatic carbocycles. The van der Waals surface area contributed by atoms with E-state index < -0.39 is 0 Å². The summed E-state index contributed by atoms with van der Waals surface area (Å²) in [5.74, 6) is 0.739. The summed E-state index contributed by atoms with van der Waals surface area (Å²) in [5, 5.41) is 0.544. The number of hydrogen-bond acceptors (Lipinski definition) is 3. The molecule has 0 amide bonds. The fourth-order valence-corrected chi connectivity index (χ4v) is 4.09. The van der Waals surface area contributed by atoms with Gasteiger partial charge in [0.05, 0.1) is 10.9 Å². The van der Waals surface area contributed by atoms with E-state index >= 15 is 0 Å². The van der Waals surface area contributed by atoms with Crippen molar-refractivity contribution in [2.45, 2.75) is 45.6 Å². The molecule has 26 heavy (non-hydrogen) atoms. The number of aryl methyl sites for hydroxylation is 1. The Bertz CT molecular complexity index is 1080. The topological polar surface area (TPSA) is 52.0 Å². The predicted molar refractivity (Wildman–Crippen MR) is 103 cm³/mol. The minimum absolute atomic E-state index is 0.0343. The molecule has 0 N–H and O–H groups in total. The molecule has 0 saturated carbocycles. The SMILES string of the molecule is CC(=O)c1cc(C)cc2c(=O)n3c(nc12)C(C)(Cc1ccccc1)CC3. The third-order valence-corrected chi connectivity index (χ3v) is 5.45. The molecule has 2 heterocycles. The van der Waals surface area contributed by atoms with E-state index in [1.807, 2.05) is 37.3 Å². The van der Waals surface area contributed by atoms with E-state index in [0.29, 0.717) is 23.0 Å². The first-order valence-electron chi connectivity index (χ1n) is 8.99. The molecule has 1 atom stereocenters. The molecule has 132 valence electrons. The zero-order valence-corrected chi connectivity index (χ0v) is 15.4. The second kappa shape index (κ2) is 5.90. The molecule has 0 spiro atoms. The second-order valence-corrected chi connectivity index (χ2v) is 7.63. The van der Waals surface area contributed by atoms with Crippen molar-refractivity contribution in [2.75, 3.05) is 0 Å². The van der Waals surface area contributed by atoms with Crippen LogP contribution < -0.4 is 5.56 Å². The van der Waals surface area contributed by atoms with E-state index in [9.17, 15) is 9.59 Å². The largest absolute Gasteiger partial charge is 0.296 e. The Morgan fingerprint density at radius 1 is 1.23 bits per heavy atom. The summed E-state index contributed by atoms with van der Waals surface area (Å²) in [6.45, 7) is 6.27. The van der Waals surface area contributed by atoms with E-state index in [0.717, 1.165) is 24.2 Å². The monoisotopic (exact) mass is 346 g/mol. The maximum Gasteiger partial charge on any atom is 0.261 e. The van der Waals surface area contributed by atoms with Gasteiger partial charge < -0.3 is 0 Å². The minimum Gasteiger partial charge on any atom is -0.296 e. The summed E-state index contributed by atoms with van der Waals surface area (Å²) in [4.78, 5) is 30.1. The van der Waals surface area contributed by atoms with Crippen molar-refractivity contribution in [3.63, 3.8) is 0 Å². The highest BCUT2D eigenvalue weighted by Gasteiger charge is 2.38. The van der Waals surface area contributed by atoms with E-state index in [-0.39, 0.29) is 16.8 Å². The summed E-state index contributed by atoms with van der Waals surface area (Å²) in [7, 11) is 0. The van der Waals surface area contributed by atoms with Crippen molar-refractivity contribution < 1.29 is 4.79 Å². The number of carbonyl (C=O) groups excluding carboxylic acids is 1. The zero-order valence-electron chi connectivity index (χ0n) is 15.4. The Morgan fingerprint density at radius 3 is 2.65 bits per heavy atom. The second-order valence-electron chi connectivity index (χ2n) is 7.63. The number of fused-ring (bicyclic) bond motifs is 2. The Morgan fingerprint density at radius 2 is 1.96 bits per heavy atom. The highest BCUT2D eigenvalue weighted by atomic mass is 16.1. The molecule has 0 fully saturated rings.